The number of nitrogen functional groups attached to an aromatic ring is 3. The SMILES string of the molecule is Nc1ncnc2c1ncn2[C@@H]1O[C@H](COP([O-])(=S)OC2C(O)[C@@H](COP([O-])(=S)OC3C(O)[C@@H](CO)O[C@H]3n3cnc4c(N)ncnc43)O[C@H]2n2cnc3c(N)ncnc32)C(O)C1O. The molecule has 0 bridgehead atoms. The van der Waals surface area contributed by atoms with Crippen molar-refractivity contribution in [2.75, 3.05) is 37.0 Å². The van der Waals surface area contributed by atoms with Gasteiger partial charge in [0, 0.05) is 0 Å². The predicted octanol–water partition coefficient (Wildman–Crippen LogP) is -4.65. The van der Waals surface area contributed by atoms with Gasteiger partial charge >= 0.3 is 0 Å². The number of nitrogens with zero attached hydrogens (tertiary/aromatic N) is 12. The minimum absolute atomic E-state index is 0.00855. The molecule has 3 aliphatic rings. The highest BCUT2D eigenvalue weighted by molar-refractivity contribution is 8.06. The molecule has 11 N–H and O–H groups in total. The minimum atomic E-state index is -4.68. The first-order valence-electron chi connectivity index (χ1n) is 18.4. The Morgan fingerprint density at radius 3 is 1.35 bits per heavy atom. The van der Waals surface area contributed by atoms with Crippen LogP contribution in [-0.2, 0) is 55.9 Å². The Bertz CT molecular complexity index is 2750. The first-order chi connectivity index (χ1) is 30.1. The maximum Gasteiger partial charge on any atom is 0.167 e. The molecule has 0 spiro atoms. The van der Waals surface area contributed by atoms with Crippen LogP contribution < -0.4 is 27.0 Å². The van der Waals surface area contributed by atoms with Crippen LogP contribution in [0, 0.1) is 0 Å². The van der Waals surface area contributed by atoms with E-state index in [1.807, 2.05) is 0 Å². The summed E-state index contributed by atoms with van der Waals surface area (Å²) in [6, 6.07) is 0. The average Bonchev–Trinajstić information content (AvgIpc) is 4.11. The first-order valence-corrected chi connectivity index (χ1v) is 23.5. The third-order valence-corrected chi connectivity index (χ3v) is 13.5. The molecule has 9 rings (SSSR count). The predicted molar refractivity (Wildman–Crippen MR) is 212 cm³/mol. The molecule has 338 valence electrons. The van der Waals surface area contributed by atoms with Gasteiger partial charge in [-0.1, -0.05) is 23.6 Å². The van der Waals surface area contributed by atoms with Crippen LogP contribution in [-0.4, -0.2) is 159 Å². The summed E-state index contributed by atoms with van der Waals surface area (Å²) in [4.78, 5) is 64.3. The van der Waals surface area contributed by atoms with Gasteiger partial charge < -0.3 is 84.8 Å². The Labute approximate surface area is 361 Å². The fourth-order valence-electron chi connectivity index (χ4n) is 7.35. The van der Waals surface area contributed by atoms with Crippen molar-refractivity contribution in [1.82, 2.24) is 58.6 Å². The van der Waals surface area contributed by atoms with Gasteiger partial charge in [-0.25, -0.2) is 44.9 Å². The Kier molecular flexibility index (Phi) is 11.9. The summed E-state index contributed by atoms with van der Waals surface area (Å²) in [6.45, 7) is -11.5. The summed E-state index contributed by atoms with van der Waals surface area (Å²) in [5, 5.41) is 54.3. The first kappa shape index (κ1) is 44.0. The number of aromatic nitrogens is 12. The molecule has 9 heterocycles. The molecule has 0 amide bonds. The highest BCUT2D eigenvalue weighted by Crippen LogP contribution is 2.50. The molecule has 3 aliphatic heterocycles. The Morgan fingerprint density at radius 2 is 0.921 bits per heavy atom. The van der Waals surface area contributed by atoms with Crippen LogP contribution in [0.4, 0.5) is 17.5 Å². The van der Waals surface area contributed by atoms with E-state index in [0.29, 0.717) is 0 Å². The molecule has 33 heteroatoms. The van der Waals surface area contributed by atoms with E-state index in [1.165, 1.54) is 39.0 Å². The lowest BCUT2D eigenvalue weighted by Crippen LogP contribution is -2.38. The van der Waals surface area contributed by atoms with Crippen LogP contribution in [0.2, 0.25) is 0 Å². The summed E-state index contributed by atoms with van der Waals surface area (Å²) in [7, 11) is 0. The topological polar surface area (TPSA) is 421 Å². The van der Waals surface area contributed by atoms with Crippen molar-refractivity contribution >= 4 is 88.0 Å². The second-order valence-electron chi connectivity index (χ2n) is 14.2. The molecular weight excluding hydrogens is 921 g/mol. The fraction of sp³-hybridized carbons (Fsp3) is 0.500. The molecule has 0 radical (unpaired) electrons. The number of hydrogen-bond donors (Lipinski definition) is 8. The third-order valence-electron chi connectivity index (χ3n) is 10.4. The summed E-state index contributed by atoms with van der Waals surface area (Å²) in [6.07, 6.45) is -10.5. The monoisotopic (exact) mass is 955 g/mol. The van der Waals surface area contributed by atoms with Crippen molar-refractivity contribution in [1.29, 1.82) is 0 Å². The van der Waals surface area contributed by atoms with Gasteiger partial charge in [0.1, 0.15) is 104 Å². The van der Waals surface area contributed by atoms with Gasteiger partial charge in [-0.2, -0.15) is 0 Å². The van der Waals surface area contributed by atoms with Gasteiger partial charge in [0.05, 0.1) is 38.8 Å². The summed E-state index contributed by atoms with van der Waals surface area (Å²) >= 11 is 10.4. The smallest absolute Gasteiger partial charge is 0.167 e. The number of fused-ring (bicyclic) bond motifs is 3. The van der Waals surface area contributed by atoms with E-state index in [0.717, 1.165) is 12.7 Å². The van der Waals surface area contributed by atoms with E-state index in [9.17, 15) is 35.3 Å². The van der Waals surface area contributed by atoms with Gasteiger partial charge in [-0.05, 0) is 0 Å². The zero-order valence-electron chi connectivity index (χ0n) is 31.7. The Hall–Kier alpha value is -4.21. The standard InChI is InChI=1S/C30H37N15O14P2S2/c31-22-13-25(37-4-34-22)43(7-40-13)28-19(50)16(47)11(56-28)2-53-60(51,62)59-21-18(49)12(57-30(21)45-9-42-15-24(33)36-6-39-27(15)45)3-54-61(52,63)58-20-17(48)10(1-46)55-29(20)44-8-41-14-23(32)35-5-38-26(14)44/h4-12,16-21,28-30,46-50H,1-3H2,(H,51,62)(H,52,63)(H2,31,34,37)(H2,32,35,38)(H2,33,36,39)/p-2/t10-,11-,12-,16?,17?,18?,19?,20?,21?,28-,29-,30-,60?,61?/m1/s1. The van der Waals surface area contributed by atoms with Crippen LogP contribution in [0.15, 0.2) is 38.0 Å². The van der Waals surface area contributed by atoms with Gasteiger partial charge in [-0.3, -0.25) is 13.7 Å². The maximum absolute atomic E-state index is 13.8. The molecular formula is C30H35N15O14P2S2-2. The Balaban J connectivity index is 0.913. The molecule has 6 aromatic heterocycles. The summed E-state index contributed by atoms with van der Waals surface area (Å²) < 4.78 is 44.1. The minimum Gasteiger partial charge on any atom is -0.780 e. The highest BCUT2D eigenvalue weighted by Gasteiger charge is 2.50. The molecule has 3 fully saturated rings. The zero-order chi connectivity index (χ0) is 44.5. The van der Waals surface area contributed by atoms with Gasteiger partial charge in [-0.15, -0.1) is 0 Å². The molecule has 14 atom stereocenters. The molecule has 0 aliphatic carbocycles. The second kappa shape index (κ2) is 17.0. The second-order valence-corrected chi connectivity index (χ2v) is 19.6. The average molecular weight is 956 g/mol. The van der Waals surface area contributed by atoms with Crippen molar-refractivity contribution in [2.24, 2.45) is 0 Å². The quantitative estimate of drug-likeness (QED) is 0.0476. The van der Waals surface area contributed by atoms with Crippen LogP contribution in [0.3, 0.4) is 0 Å². The van der Waals surface area contributed by atoms with Crippen molar-refractivity contribution in [2.45, 2.75) is 73.6 Å². The molecule has 0 aromatic carbocycles. The number of aliphatic hydroxyl groups is 5. The fourth-order valence-corrected chi connectivity index (χ4v) is 10.2. The van der Waals surface area contributed by atoms with E-state index in [2.05, 4.69) is 44.9 Å². The van der Waals surface area contributed by atoms with Gasteiger partial charge in [0.2, 0.25) is 0 Å². The number of ether oxygens (including phenoxy) is 3. The molecule has 29 nitrogen and oxygen atoms in total. The number of nitrogens with two attached hydrogens (primary N) is 3. The lowest BCUT2D eigenvalue weighted by atomic mass is 10.1. The van der Waals surface area contributed by atoms with E-state index >= 15 is 0 Å². The molecule has 0 saturated carbocycles. The normalized spacial score (nSPS) is 31.9. The largest absolute Gasteiger partial charge is 0.780 e. The molecule has 6 aromatic rings. The lowest BCUT2D eigenvalue weighted by molar-refractivity contribution is -0.219. The molecule has 8 unspecified atom stereocenters. The van der Waals surface area contributed by atoms with E-state index in [1.54, 1.807) is 0 Å². The van der Waals surface area contributed by atoms with Crippen molar-refractivity contribution in [3.63, 3.8) is 0 Å². The highest BCUT2D eigenvalue weighted by atomic mass is 32.5. The van der Waals surface area contributed by atoms with E-state index in [4.69, 9.17) is 73.1 Å². The van der Waals surface area contributed by atoms with Crippen LogP contribution in [0.5, 0.6) is 0 Å². The number of aliphatic hydroxyl groups excluding tert-OH is 5. The van der Waals surface area contributed by atoms with Crippen molar-refractivity contribution < 1.29 is 67.6 Å². The number of imidazole rings is 3. The zero-order valence-corrected chi connectivity index (χ0v) is 35.2. The van der Waals surface area contributed by atoms with Crippen LogP contribution in [0.1, 0.15) is 18.7 Å². The number of rotatable bonds is 14. The number of hydrogen-bond acceptors (Lipinski definition) is 28. The van der Waals surface area contributed by atoms with E-state index in [-0.39, 0.29) is 50.9 Å². The van der Waals surface area contributed by atoms with Crippen LogP contribution in [0.25, 0.3) is 33.5 Å². The summed E-state index contributed by atoms with van der Waals surface area (Å²) in [5.74, 6) is 0.100. The summed E-state index contributed by atoms with van der Waals surface area (Å²) in [5.41, 5.74) is 18.8. The van der Waals surface area contributed by atoms with Gasteiger partial charge in [0.15, 0.2) is 53.1 Å². The molecule has 3 saturated heterocycles. The van der Waals surface area contributed by atoms with Crippen molar-refractivity contribution in [3.05, 3.63) is 38.0 Å². The van der Waals surface area contributed by atoms with Gasteiger partial charge in [0.25, 0.3) is 0 Å². The third kappa shape index (κ3) is 8.12. The Morgan fingerprint density at radius 1 is 0.556 bits per heavy atom. The number of anilines is 3. The molecule has 63 heavy (non-hydrogen) atoms. The van der Waals surface area contributed by atoms with E-state index < -0.39 is 107 Å². The maximum atomic E-state index is 13.8. The lowest BCUT2D eigenvalue weighted by Gasteiger charge is -2.35. The van der Waals surface area contributed by atoms with Crippen LogP contribution >= 0.6 is 13.4 Å². The van der Waals surface area contributed by atoms with Crippen molar-refractivity contribution in [3.8, 4) is 0 Å².